The highest BCUT2D eigenvalue weighted by atomic mass is 16.5. The summed E-state index contributed by atoms with van der Waals surface area (Å²) < 4.78 is 5.73. The smallest absolute Gasteiger partial charge is 0.0753 e. The first-order valence-electron chi connectivity index (χ1n) is 6.73. The summed E-state index contributed by atoms with van der Waals surface area (Å²) in [6, 6.07) is 8.37. The molecule has 3 heteroatoms. The van der Waals surface area contributed by atoms with Crippen LogP contribution in [-0.4, -0.2) is 36.7 Å². The Hall–Kier alpha value is -1.34. The fourth-order valence-corrected chi connectivity index (χ4v) is 2.41. The number of morpholine rings is 1. The summed E-state index contributed by atoms with van der Waals surface area (Å²) in [5.41, 5.74) is 7.68. The zero-order valence-electron chi connectivity index (χ0n) is 11.8. The zero-order valence-corrected chi connectivity index (χ0v) is 11.8. The molecule has 3 nitrogen and oxygen atoms in total. The molecule has 1 aromatic carbocycles. The molecule has 0 bridgehead atoms. The molecule has 1 fully saturated rings. The quantitative estimate of drug-likeness (QED) is 0.819. The third-order valence-electron chi connectivity index (χ3n) is 3.17. The first-order valence-corrected chi connectivity index (χ1v) is 6.73. The van der Waals surface area contributed by atoms with Crippen molar-refractivity contribution in [3.05, 3.63) is 35.4 Å². The Bertz CT molecular complexity index is 485. The van der Waals surface area contributed by atoms with Gasteiger partial charge in [-0.25, -0.2) is 0 Å². The van der Waals surface area contributed by atoms with E-state index in [9.17, 15) is 0 Å². The summed E-state index contributed by atoms with van der Waals surface area (Å²) >= 11 is 0. The third kappa shape index (κ3) is 4.36. The minimum absolute atomic E-state index is 0.0464. The lowest BCUT2D eigenvalue weighted by atomic mass is 10.1. The van der Waals surface area contributed by atoms with Crippen molar-refractivity contribution in [3.8, 4) is 11.8 Å². The van der Waals surface area contributed by atoms with E-state index in [0.717, 1.165) is 31.8 Å². The molecular formula is C16H22N2O. The van der Waals surface area contributed by atoms with Gasteiger partial charge in [0.2, 0.25) is 0 Å². The Kier molecular flexibility index (Phi) is 4.60. The number of hydrogen-bond donors (Lipinski definition) is 1. The van der Waals surface area contributed by atoms with E-state index in [1.807, 2.05) is 6.07 Å². The summed E-state index contributed by atoms with van der Waals surface area (Å²) in [7, 11) is 0. The highest BCUT2D eigenvalue weighted by molar-refractivity contribution is 5.37. The number of ether oxygens (including phenoxy) is 1. The highest BCUT2D eigenvalue weighted by Gasteiger charge is 2.26. The molecule has 2 N–H and O–H groups in total. The van der Waals surface area contributed by atoms with Crippen LogP contribution in [0.3, 0.4) is 0 Å². The molecule has 0 radical (unpaired) electrons. The highest BCUT2D eigenvalue weighted by Crippen LogP contribution is 2.18. The number of nitrogens with two attached hydrogens (primary N) is 1. The fourth-order valence-electron chi connectivity index (χ4n) is 2.41. The molecule has 0 atom stereocenters. The standard InChI is InChI=1S/C16H22N2O/c1-16(2)13-18(9-10-19-16)12-15-6-3-5-14(11-15)7-4-8-17/h3,5-6,11H,8-10,12-13,17H2,1-2H3. The summed E-state index contributed by atoms with van der Waals surface area (Å²) in [5.74, 6) is 5.97. The molecule has 1 aliphatic heterocycles. The van der Waals surface area contributed by atoms with Gasteiger partial charge in [-0.1, -0.05) is 24.0 Å². The first kappa shape index (κ1) is 14.1. The lowest BCUT2D eigenvalue weighted by molar-refractivity contribution is -0.0882. The Balaban J connectivity index is 2.02. The van der Waals surface area contributed by atoms with Crippen LogP contribution in [0.15, 0.2) is 24.3 Å². The monoisotopic (exact) mass is 258 g/mol. The average molecular weight is 258 g/mol. The normalized spacial score (nSPS) is 18.7. The van der Waals surface area contributed by atoms with E-state index in [1.165, 1.54) is 5.56 Å². The van der Waals surface area contributed by atoms with Crippen LogP contribution in [0.2, 0.25) is 0 Å². The lowest BCUT2D eigenvalue weighted by Crippen LogP contribution is -2.47. The predicted octanol–water partition coefficient (Wildman–Crippen LogP) is 1.61. The van der Waals surface area contributed by atoms with Crippen LogP contribution < -0.4 is 5.73 Å². The number of benzene rings is 1. The fraction of sp³-hybridized carbons (Fsp3) is 0.500. The van der Waals surface area contributed by atoms with Crippen LogP contribution in [0.4, 0.5) is 0 Å². The molecule has 0 spiro atoms. The van der Waals surface area contributed by atoms with Gasteiger partial charge in [0, 0.05) is 25.2 Å². The van der Waals surface area contributed by atoms with Crippen LogP contribution in [-0.2, 0) is 11.3 Å². The molecule has 1 heterocycles. The van der Waals surface area contributed by atoms with Crippen LogP contribution >= 0.6 is 0 Å². The van der Waals surface area contributed by atoms with Gasteiger partial charge < -0.3 is 10.5 Å². The van der Waals surface area contributed by atoms with Crippen molar-refractivity contribution in [1.82, 2.24) is 4.90 Å². The van der Waals surface area contributed by atoms with Crippen molar-refractivity contribution in [3.63, 3.8) is 0 Å². The van der Waals surface area contributed by atoms with E-state index in [2.05, 4.69) is 48.8 Å². The molecule has 0 aliphatic carbocycles. The van der Waals surface area contributed by atoms with E-state index < -0.39 is 0 Å². The minimum Gasteiger partial charge on any atom is -0.373 e. The Morgan fingerprint density at radius 1 is 1.42 bits per heavy atom. The molecule has 1 saturated heterocycles. The second-order valence-electron chi connectivity index (χ2n) is 5.53. The van der Waals surface area contributed by atoms with Gasteiger partial charge in [0.05, 0.1) is 18.8 Å². The van der Waals surface area contributed by atoms with Gasteiger partial charge in [-0.15, -0.1) is 0 Å². The van der Waals surface area contributed by atoms with Gasteiger partial charge in [-0.05, 0) is 31.5 Å². The molecule has 2 rings (SSSR count). The number of nitrogens with zero attached hydrogens (tertiary/aromatic N) is 1. The molecule has 0 saturated carbocycles. The first-order chi connectivity index (χ1) is 9.09. The van der Waals surface area contributed by atoms with E-state index in [-0.39, 0.29) is 5.60 Å². The number of rotatable bonds is 2. The maximum absolute atomic E-state index is 5.73. The molecule has 102 valence electrons. The van der Waals surface area contributed by atoms with Gasteiger partial charge in [0.1, 0.15) is 0 Å². The second kappa shape index (κ2) is 6.21. The van der Waals surface area contributed by atoms with Gasteiger partial charge >= 0.3 is 0 Å². The van der Waals surface area contributed by atoms with Crippen molar-refractivity contribution in [2.75, 3.05) is 26.2 Å². The topological polar surface area (TPSA) is 38.5 Å². The van der Waals surface area contributed by atoms with E-state index >= 15 is 0 Å². The summed E-state index contributed by atoms with van der Waals surface area (Å²) in [5, 5.41) is 0. The summed E-state index contributed by atoms with van der Waals surface area (Å²) in [6.45, 7) is 8.39. The van der Waals surface area contributed by atoms with Crippen molar-refractivity contribution < 1.29 is 4.74 Å². The Morgan fingerprint density at radius 3 is 3.00 bits per heavy atom. The molecule has 0 amide bonds. The zero-order chi connectivity index (χ0) is 13.7. The lowest BCUT2D eigenvalue weighted by Gasteiger charge is -2.38. The molecule has 19 heavy (non-hydrogen) atoms. The van der Waals surface area contributed by atoms with E-state index in [1.54, 1.807) is 0 Å². The molecular weight excluding hydrogens is 236 g/mol. The van der Waals surface area contributed by atoms with Crippen LogP contribution in [0.1, 0.15) is 25.0 Å². The van der Waals surface area contributed by atoms with Crippen LogP contribution in [0, 0.1) is 11.8 Å². The second-order valence-corrected chi connectivity index (χ2v) is 5.53. The summed E-state index contributed by atoms with van der Waals surface area (Å²) in [4.78, 5) is 2.43. The van der Waals surface area contributed by atoms with Crippen LogP contribution in [0.25, 0.3) is 0 Å². The van der Waals surface area contributed by atoms with Crippen molar-refractivity contribution in [1.29, 1.82) is 0 Å². The Labute approximate surface area is 115 Å². The minimum atomic E-state index is -0.0464. The SMILES string of the molecule is CC1(C)CN(Cc2cccc(C#CCN)c2)CCO1. The average Bonchev–Trinajstić information content (AvgIpc) is 2.35. The number of hydrogen-bond acceptors (Lipinski definition) is 3. The molecule has 0 unspecified atom stereocenters. The maximum atomic E-state index is 5.73. The molecule has 1 aliphatic rings. The molecule has 0 aromatic heterocycles. The molecule has 1 aromatic rings. The van der Waals surface area contributed by atoms with Crippen LogP contribution in [0.5, 0.6) is 0 Å². The van der Waals surface area contributed by atoms with Crippen molar-refractivity contribution in [2.24, 2.45) is 5.73 Å². The Morgan fingerprint density at radius 2 is 2.26 bits per heavy atom. The van der Waals surface area contributed by atoms with Gasteiger partial charge in [-0.2, -0.15) is 0 Å². The van der Waals surface area contributed by atoms with E-state index in [0.29, 0.717) is 6.54 Å². The van der Waals surface area contributed by atoms with Gasteiger partial charge in [0.15, 0.2) is 0 Å². The van der Waals surface area contributed by atoms with Gasteiger partial charge in [-0.3, -0.25) is 4.90 Å². The third-order valence-corrected chi connectivity index (χ3v) is 3.17. The van der Waals surface area contributed by atoms with Crippen molar-refractivity contribution >= 4 is 0 Å². The van der Waals surface area contributed by atoms with Crippen molar-refractivity contribution in [2.45, 2.75) is 26.0 Å². The van der Waals surface area contributed by atoms with Gasteiger partial charge in [0.25, 0.3) is 0 Å². The van der Waals surface area contributed by atoms with E-state index in [4.69, 9.17) is 10.5 Å². The maximum Gasteiger partial charge on any atom is 0.0753 e. The predicted molar refractivity (Wildman–Crippen MR) is 77.7 cm³/mol. The summed E-state index contributed by atoms with van der Waals surface area (Å²) in [6.07, 6.45) is 0. The largest absolute Gasteiger partial charge is 0.373 e.